The van der Waals surface area contributed by atoms with Crippen molar-refractivity contribution in [2.24, 2.45) is 0 Å². The highest BCUT2D eigenvalue weighted by molar-refractivity contribution is 5.93. The monoisotopic (exact) mass is 294 g/mol. The zero-order valence-electron chi connectivity index (χ0n) is 11.2. The number of carbonyl (C=O) groups is 1. The van der Waals surface area contributed by atoms with E-state index in [1.165, 1.54) is 12.1 Å². The molecule has 0 heterocycles. The Morgan fingerprint density at radius 3 is 2.48 bits per heavy atom. The lowest BCUT2D eigenvalue weighted by molar-refractivity contribution is -0.114. The topological polar surface area (TPSA) is 41.1 Å². The SMILES string of the molecule is Cc1ccc(NCC(=O)Nc2cc(F)ccc2F)c(F)c1. The maximum atomic E-state index is 13.5. The molecule has 0 saturated carbocycles. The van der Waals surface area contributed by atoms with Crippen LogP contribution in [0.4, 0.5) is 24.5 Å². The van der Waals surface area contributed by atoms with Gasteiger partial charge >= 0.3 is 0 Å². The molecule has 0 aliphatic rings. The smallest absolute Gasteiger partial charge is 0.243 e. The first-order valence-electron chi connectivity index (χ1n) is 6.20. The average molecular weight is 294 g/mol. The molecule has 0 bridgehead atoms. The number of rotatable bonds is 4. The van der Waals surface area contributed by atoms with Gasteiger partial charge in [-0.3, -0.25) is 4.79 Å². The van der Waals surface area contributed by atoms with Crippen molar-refractivity contribution in [3.63, 3.8) is 0 Å². The molecule has 2 aromatic rings. The highest BCUT2D eigenvalue weighted by atomic mass is 19.1. The van der Waals surface area contributed by atoms with Gasteiger partial charge in [0.1, 0.15) is 17.5 Å². The van der Waals surface area contributed by atoms with Crippen molar-refractivity contribution < 1.29 is 18.0 Å². The summed E-state index contributed by atoms with van der Waals surface area (Å²) in [4.78, 5) is 11.6. The van der Waals surface area contributed by atoms with Crippen molar-refractivity contribution in [1.29, 1.82) is 0 Å². The van der Waals surface area contributed by atoms with E-state index in [9.17, 15) is 18.0 Å². The first-order valence-corrected chi connectivity index (χ1v) is 6.20. The van der Waals surface area contributed by atoms with Gasteiger partial charge in [-0.05, 0) is 36.8 Å². The van der Waals surface area contributed by atoms with Crippen LogP contribution in [-0.2, 0) is 4.79 Å². The van der Waals surface area contributed by atoms with Crippen molar-refractivity contribution in [2.45, 2.75) is 6.92 Å². The molecule has 0 fully saturated rings. The van der Waals surface area contributed by atoms with Gasteiger partial charge in [-0.25, -0.2) is 13.2 Å². The van der Waals surface area contributed by atoms with Gasteiger partial charge in [0.05, 0.1) is 17.9 Å². The van der Waals surface area contributed by atoms with Gasteiger partial charge in [-0.15, -0.1) is 0 Å². The fraction of sp³-hybridized carbons (Fsp3) is 0.133. The Hall–Kier alpha value is -2.50. The quantitative estimate of drug-likeness (QED) is 0.906. The van der Waals surface area contributed by atoms with Gasteiger partial charge in [-0.2, -0.15) is 0 Å². The third-order valence-corrected chi connectivity index (χ3v) is 2.77. The molecule has 110 valence electrons. The predicted molar refractivity (Wildman–Crippen MR) is 74.6 cm³/mol. The van der Waals surface area contributed by atoms with Gasteiger partial charge in [0.15, 0.2) is 0 Å². The van der Waals surface area contributed by atoms with E-state index >= 15 is 0 Å². The highest BCUT2D eigenvalue weighted by Gasteiger charge is 2.09. The number of hydrogen-bond donors (Lipinski definition) is 2. The first-order chi connectivity index (χ1) is 9.95. The number of hydrogen-bond acceptors (Lipinski definition) is 2. The number of anilines is 2. The Bertz CT molecular complexity index is 674. The summed E-state index contributed by atoms with van der Waals surface area (Å²) in [7, 11) is 0. The van der Waals surface area contributed by atoms with Gasteiger partial charge < -0.3 is 10.6 Å². The molecular formula is C15H13F3N2O. The van der Waals surface area contributed by atoms with Crippen LogP contribution in [-0.4, -0.2) is 12.5 Å². The van der Waals surface area contributed by atoms with E-state index in [0.29, 0.717) is 0 Å². The summed E-state index contributed by atoms with van der Waals surface area (Å²) in [6.45, 7) is 1.47. The summed E-state index contributed by atoms with van der Waals surface area (Å²) in [6.07, 6.45) is 0. The molecule has 21 heavy (non-hydrogen) atoms. The molecule has 0 unspecified atom stereocenters. The maximum absolute atomic E-state index is 13.5. The standard InChI is InChI=1S/C15H13F3N2O/c1-9-2-5-13(12(18)6-9)19-8-15(21)20-14-7-10(16)3-4-11(14)17/h2-7,19H,8H2,1H3,(H,20,21). The van der Waals surface area contributed by atoms with E-state index in [4.69, 9.17) is 0 Å². The van der Waals surface area contributed by atoms with Gasteiger partial charge in [0.2, 0.25) is 5.91 Å². The number of nitrogens with one attached hydrogen (secondary N) is 2. The normalized spacial score (nSPS) is 10.3. The van der Waals surface area contributed by atoms with Crippen molar-refractivity contribution in [3.05, 3.63) is 59.4 Å². The summed E-state index contributed by atoms with van der Waals surface area (Å²) in [6, 6.07) is 7.26. The minimum absolute atomic E-state index is 0.162. The molecule has 0 atom stereocenters. The van der Waals surface area contributed by atoms with Gasteiger partial charge in [0, 0.05) is 6.07 Å². The second-order valence-electron chi connectivity index (χ2n) is 4.51. The van der Waals surface area contributed by atoms with Crippen molar-refractivity contribution in [2.75, 3.05) is 17.2 Å². The number of halogens is 3. The van der Waals surface area contributed by atoms with Crippen LogP contribution in [0.15, 0.2) is 36.4 Å². The van der Waals surface area contributed by atoms with E-state index in [2.05, 4.69) is 10.6 Å². The number of carbonyl (C=O) groups excluding carboxylic acids is 1. The van der Waals surface area contributed by atoms with Crippen molar-refractivity contribution in [3.8, 4) is 0 Å². The maximum Gasteiger partial charge on any atom is 0.243 e. The van der Waals surface area contributed by atoms with Crippen LogP contribution >= 0.6 is 0 Å². The molecule has 0 radical (unpaired) electrons. The molecule has 0 aliphatic heterocycles. The third kappa shape index (κ3) is 3.98. The lowest BCUT2D eigenvalue weighted by atomic mass is 10.2. The van der Waals surface area contributed by atoms with E-state index in [0.717, 1.165) is 23.8 Å². The molecule has 3 nitrogen and oxygen atoms in total. The van der Waals surface area contributed by atoms with Crippen LogP contribution in [0.1, 0.15) is 5.56 Å². The Morgan fingerprint density at radius 1 is 1.00 bits per heavy atom. The fourth-order valence-electron chi connectivity index (χ4n) is 1.73. The summed E-state index contributed by atoms with van der Waals surface area (Å²) >= 11 is 0. The van der Waals surface area contributed by atoms with Crippen LogP contribution in [0, 0.1) is 24.4 Å². The summed E-state index contributed by atoms with van der Waals surface area (Å²) in [5, 5.41) is 4.80. The minimum atomic E-state index is -0.744. The van der Waals surface area contributed by atoms with E-state index in [1.807, 2.05) is 0 Å². The minimum Gasteiger partial charge on any atom is -0.374 e. The van der Waals surface area contributed by atoms with Crippen LogP contribution in [0.5, 0.6) is 0 Å². The predicted octanol–water partition coefficient (Wildman–Crippen LogP) is 3.46. The molecule has 0 saturated heterocycles. The zero-order valence-corrected chi connectivity index (χ0v) is 11.2. The second kappa shape index (κ2) is 6.30. The fourth-order valence-corrected chi connectivity index (χ4v) is 1.73. The van der Waals surface area contributed by atoms with Crippen LogP contribution in [0.3, 0.4) is 0 Å². The third-order valence-electron chi connectivity index (χ3n) is 2.77. The molecule has 2 aromatic carbocycles. The van der Waals surface area contributed by atoms with Gasteiger partial charge in [-0.1, -0.05) is 6.07 Å². The molecule has 1 amide bonds. The first kappa shape index (κ1) is 14.9. The molecule has 0 aromatic heterocycles. The molecule has 2 rings (SSSR count). The molecule has 2 N–H and O–H groups in total. The van der Waals surface area contributed by atoms with E-state index in [1.54, 1.807) is 13.0 Å². The second-order valence-corrected chi connectivity index (χ2v) is 4.51. The average Bonchev–Trinajstić information content (AvgIpc) is 2.42. The molecule has 6 heteroatoms. The van der Waals surface area contributed by atoms with Crippen LogP contribution < -0.4 is 10.6 Å². The van der Waals surface area contributed by atoms with Crippen LogP contribution in [0.2, 0.25) is 0 Å². The largest absolute Gasteiger partial charge is 0.374 e. The molecule has 0 aliphatic carbocycles. The Kier molecular flexibility index (Phi) is 4.47. The van der Waals surface area contributed by atoms with E-state index < -0.39 is 23.4 Å². The number of benzene rings is 2. The number of amides is 1. The Morgan fingerprint density at radius 2 is 1.76 bits per heavy atom. The number of aryl methyl sites for hydroxylation is 1. The summed E-state index contributed by atoms with van der Waals surface area (Å²) < 4.78 is 39.8. The summed E-state index contributed by atoms with van der Waals surface area (Å²) in [5.41, 5.74) is 0.658. The van der Waals surface area contributed by atoms with E-state index in [-0.39, 0.29) is 17.9 Å². The lowest BCUT2D eigenvalue weighted by Crippen LogP contribution is -2.22. The van der Waals surface area contributed by atoms with Crippen LogP contribution in [0.25, 0.3) is 0 Å². The molecule has 0 spiro atoms. The zero-order chi connectivity index (χ0) is 15.4. The lowest BCUT2D eigenvalue weighted by Gasteiger charge is -2.09. The van der Waals surface area contributed by atoms with Crippen molar-refractivity contribution in [1.82, 2.24) is 0 Å². The Labute approximate surface area is 119 Å². The summed E-state index contributed by atoms with van der Waals surface area (Å²) in [5.74, 6) is -2.50. The van der Waals surface area contributed by atoms with Crippen molar-refractivity contribution >= 4 is 17.3 Å². The Balaban J connectivity index is 1.97. The van der Waals surface area contributed by atoms with Gasteiger partial charge in [0.25, 0.3) is 0 Å². The molecular weight excluding hydrogens is 281 g/mol. The highest BCUT2D eigenvalue weighted by Crippen LogP contribution is 2.16.